The Morgan fingerprint density at radius 3 is 2.60 bits per heavy atom. The number of nitrogens with two attached hydrogens (primary N) is 1. The quantitative estimate of drug-likeness (QED) is 0.344. The van der Waals surface area contributed by atoms with Gasteiger partial charge in [-0.15, -0.1) is 0 Å². The van der Waals surface area contributed by atoms with Crippen LogP contribution in [-0.2, 0) is 9.63 Å². The number of nitrogens with one attached hydrogen (secondary N) is 1. The molecule has 0 aliphatic rings. The van der Waals surface area contributed by atoms with Crippen molar-refractivity contribution in [3.63, 3.8) is 0 Å². The predicted octanol–water partition coefficient (Wildman–Crippen LogP) is 0.666. The van der Waals surface area contributed by atoms with Crippen molar-refractivity contribution in [2.75, 3.05) is 32.1 Å². The Bertz CT molecular complexity index is 515. The van der Waals surface area contributed by atoms with Gasteiger partial charge in [-0.25, -0.2) is 5.90 Å². The molecule has 6 nitrogen and oxygen atoms in total. The van der Waals surface area contributed by atoms with Gasteiger partial charge in [0.1, 0.15) is 11.6 Å². The first-order chi connectivity index (χ1) is 9.58. The summed E-state index contributed by atoms with van der Waals surface area (Å²) in [7, 11) is 3.89. The van der Waals surface area contributed by atoms with Crippen molar-refractivity contribution >= 4 is 17.7 Å². The average molecular weight is 274 g/mol. The second kappa shape index (κ2) is 7.94. The largest absolute Gasteiger partial charge is 0.378 e. The number of amides is 1. The van der Waals surface area contributed by atoms with Crippen LogP contribution in [0.3, 0.4) is 0 Å². The first-order valence-electron chi connectivity index (χ1n) is 6.07. The number of benzene rings is 1. The minimum absolute atomic E-state index is 0.0413. The van der Waals surface area contributed by atoms with E-state index in [0.29, 0.717) is 0 Å². The third kappa shape index (κ3) is 4.72. The van der Waals surface area contributed by atoms with Crippen LogP contribution in [0.5, 0.6) is 0 Å². The minimum Gasteiger partial charge on any atom is -0.378 e. The lowest BCUT2D eigenvalue weighted by atomic mass is 10.1. The summed E-state index contributed by atoms with van der Waals surface area (Å²) >= 11 is 0. The number of carbonyl (C=O) groups excluding carboxylic acids is 1. The highest BCUT2D eigenvalue weighted by Crippen LogP contribution is 2.14. The molecule has 0 aromatic heterocycles. The van der Waals surface area contributed by atoms with Crippen molar-refractivity contribution in [3.05, 3.63) is 35.4 Å². The van der Waals surface area contributed by atoms with E-state index in [1.165, 1.54) is 6.08 Å². The molecule has 1 aromatic rings. The highest BCUT2D eigenvalue weighted by Gasteiger charge is 2.08. The molecule has 0 saturated carbocycles. The van der Waals surface area contributed by atoms with E-state index in [1.54, 1.807) is 0 Å². The van der Waals surface area contributed by atoms with Crippen LogP contribution in [0.1, 0.15) is 5.56 Å². The lowest BCUT2D eigenvalue weighted by Crippen LogP contribution is -2.28. The van der Waals surface area contributed by atoms with Crippen molar-refractivity contribution in [2.24, 2.45) is 5.90 Å². The molecule has 6 heteroatoms. The Hall–Kier alpha value is -2.36. The molecule has 0 aliphatic carbocycles. The number of nitriles is 1. The van der Waals surface area contributed by atoms with Gasteiger partial charge in [-0.3, -0.25) is 4.79 Å². The molecule has 0 saturated heterocycles. The second-order valence-electron chi connectivity index (χ2n) is 4.28. The number of hydrogen-bond donors (Lipinski definition) is 2. The number of rotatable bonds is 6. The van der Waals surface area contributed by atoms with Crippen LogP contribution in [0.4, 0.5) is 5.69 Å². The molecular weight excluding hydrogens is 256 g/mol. The van der Waals surface area contributed by atoms with Crippen molar-refractivity contribution in [1.82, 2.24) is 5.32 Å². The van der Waals surface area contributed by atoms with Crippen LogP contribution in [0.2, 0.25) is 0 Å². The van der Waals surface area contributed by atoms with E-state index in [0.717, 1.165) is 11.3 Å². The third-order valence-corrected chi connectivity index (χ3v) is 2.59. The first-order valence-corrected chi connectivity index (χ1v) is 6.07. The fraction of sp³-hybridized carbons (Fsp3) is 0.286. The minimum atomic E-state index is -0.443. The lowest BCUT2D eigenvalue weighted by Gasteiger charge is -2.11. The fourth-order valence-electron chi connectivity index (χ4n) is 1.50. The van der Waals surface area contributed by atoms with Gasteiger partial charge >= 0.3 is 0 Å². The summed E-state index contributed by atoms with van der Waals surface area (Å²) in [5, 5.41) is 11.6. The zero-order chi connectivity index (χ0) is 15.0. The topological polar surface area (TPSA) is 91.4 Å². The van der Waals surface area contributed by atoms with E-state index in [1.807, 2.05) is 49.3 Å². The van der Waals surface area contributed by atoms with Crippen LogP contribution >= 0.6 is 0 Å². The monoisotopic (exact) mass is 274 g/mol. The van der Waals surface area contributed by atoms with Crippen molar-refractivity contribution in [2.45, 2.75) is 0 Å². The highest BCUT2D eigenvalue weighted by molar-refractivity contribution is 6.01. The Morgan fingerprint density at radius 2 is 2.10 bits per heavy atom. The third-order valence-electron chi connectivity index (χ3n) is 2.59. The number of anilines is 1. The summed E-state index contributed by atoms with van der Waals surface area (Å²) < 4.78 is 0. The molecule has 0 heterocycles. The molecule has 20 heavy (non-hydrogen) atoms. The van der Waals surface area contributed by atoms with Gasteiger partial charge in [0.2, 0.25) is 0 Å². The van der Waals surface area contributed by atoms with Crippen molar-refractivity contribution < 1.29 is 9.63 Å². The maximum absolute atomic E-state index is 11.7. The molecule has 0 spiro atoms. The molecule has 0 aliphatic heterocycles. The fourth-order valence-corrected chi connectivity index (χ4v) is 1.50. The van der Waals surface area contributed by atoms with Gasteiger partial charge in [-0.05, 0) is 23.8 Å². The molecule has 0 bridgehead atoms. The van der Waals surface area contributed by atoms with Gasteiger partial charge in [0, 0.05) is 26.3 Å². The zero-order valence-corrected chi connectivity index (χ0v) is 11.6. The number of hydrogen-bond acceptors (Lipinski definition) is 5. The average Bonchev–Trinajstić information content (AvgIpc) is 2.45. The number of nitrogens with zero attached hydrogens (tertiary/aromatic N) is 2. The number of carbonyl (C=O) groups is 1. The molecule has 0 radical (unpaired) electrons. The van der Waals surface area contributed by atoms with E-state index in [2.05, 4.69) is 10.2 Å². The van der Waals surface area contributed by atoms with E-state index in [4.69, 9.17) is 11.2 Å². The normalized spacial score (nSPS) is 10.8. The van der Waals surface area contributed by atoms with Crippen molar-refractivity contribution in [1.29, 1.82) is 5.26 Å². The van der Waals surface area contributed by atoms with Gasteiger partial charge < -0.3 is 15.1 Å². The molecular formula is C14H18N4O2. The van der Waals surface area contributed by atoms with Gasteiger partial charge in [-0.2, -0.15) is 5.26 Å². The first kappa shape index (κ1) is 15.7. The predicted molar refractivity (Wildman–Crippen MR) is 77.5 cm³/mol. The van der Waals surface area contributed by atoms with E-state index in [-0.39, 0.29) is 18.7 Å². The molecule has 1 rings (SSSR count). The van der Waals surface area contributed by atoms with E-state index >= 15 is 0 Å². The van der Waals surface area contributed by atoms with Gasteiger partial charge in [0.15, 0.2) is 0 Å². The molecule has 0 fully saturated rings. The Labute approximate surface area is 118 Å². The summed E-state index contributed by atoms with van der Waals surface area (Å²) in [6.45, 7) is 0.454. The van der Waals surface area contributed by atoms with Crippen LogP contribution in [0.15, 0.2) is 29.8 Å². The SMILES string of the molecule is CN(C)c1ccc(/C=C(\C#N)C(=O)NCCON)cc1. The second-order valence-corrected chi connectivity index (χ2v) is 4.28. The zero-order valence-electron chi connectivity index (χ0n) is 11.6. The standard InChI is InChI=1S/C14H18N4O2/c1-18(2)13-5-3-11(4-6-13)9-12(10-15)14(19)17-7-8-20-16/h3-6,9H,7-8,16H2,1-2H3,(H,17,19)/b12-9+. The van der Waals surface area contributed by atoms with Crippen LogP contribution < -0.4 is 16.1 Å². The summed E-state index contributed by atoms with van der Waals surface area (Å²) in [6, 6.07) is 9.42. The molecule has 0 atom stereocenters. The summed E-state index contributed by atoms with van der Waals surface area (Å²) in [4.78, 5) is 18.0. The lowest BCUT2D eigenvalue weighted by molar-refractivity contribution is -0.117. The van der Waals surface area contributed by atoms with Gasteiger partial charge in [-0.1, -0.05) is 12.1 Å². The van der Waals surface area contributed by atoms with Crippen molar-refractivity contribution in [3.8, 4) is 6.07 Å². The van der Waals surface area contributed by atoms with Crippen LogP contribution in [-0.4, -0.2) is 33.2 Å². The summed E-state index contributed by atoms with van der Waals surface area (Å²) in [5.41, 5.74) is 1.88. The summed E-state index contributed by atoms with van der Waals surface area (Å²) in [6.07, 6.45) is 1.54. The van der Waals surface area contributed by atoms with Gasteiger partial charge in [0.05, 0.1) is 6.61 Å². The molecule has 1 amide bonds. The Morgan fingerprint density at radius 1 is 1.45 bits per heavy atom. The maximum Gasteiger partial charge on any atom is 0.262 e. The van der Waals surface area contributed by atoms with Crippen LogP contribution in [0, 0.1) is 11.3 Å². The molecule has 1 aromatic carbocycles. The van der Waals surface area contributed by atoms with E-state index < -0.39 is 5.91 Å². The van der Waals surface area contributed by atoms with Gasteiger partial charge in [0.25, 0.3) is 5.91 Å². The van der Waals surface area contributed by atoms with Crippen LogP contribution in [0.25, 0.3) is 6.08 Å². The molecule has 0 unspecified atom stereocenters. The maximum atomic E-state index is 11.7. The Balaban J connectivity index is 2.78. The smallest absolute Gasteiger partial charge is 0.262 e. The van der Waals surface area contributed by atoms with E-state index in [9.17, 15) is 4.79 Å². The summed E-state index contributed by atoms with van der Waals surface area (Å²) in [5.74, 6) is 4.41. The Kier molecular flexibility index (Phi) is 6.23. The molecule has 3 N–H and O–H groups in total. The molecule has 106 valence electrons. The highest BCUT2D eigenvalue weighted by atomic mass is 16.6.